The van der Waals surface area contributed by atoms with Gasteiger partial charge in [0.05, 0.1) is 0 Å². The Labute approximate surface area is 412 Å². The van der Waals surface area contributed by atoms with Crippen LogP contribution in [-0.2, 0) is 53.0 Å². The molecule has 0 spiro atoms. The Kier molecular flexibility index (Phi) is 34.5. The van der Waals surface area contributed by atoms with Crippen LogP contribution in [0.3, 0.4) is 0 Å². The van der Waals surface area contributed by atoms with Crippen LogP contribution in [0.15, 0.2) is 35.4 Å². The van der Waals surface area contributed by atoms with E-state index >= 15 is 0 Å². The van der Waals surface area contributed by atoms with Gasteiger partial charge in [0.15, 0.2) is 0 Å². The van der Waals surface area contributed by atoms with Crippen molar-refractivity contribution in [1.29, 1.82) is 0 Å². The molecule has 1 heterocycles. The van der Waals surface area contributed by atoms with Crippen LogP contribution >= 0.6 is 0 Å². The second kappa shape index (κ2) is 37.9. The van der Waals surface area contributed by atoms with Gasteiger partial charge in [0.1, 0.15) is 0 Å². The van der Waals surface area contributed by atoms with Crippen LogP contribution in [0.25, 0.3) is 16.9 Å². The molecule has 65 heavy (non-hydrogen) atoms. The van der Waals surface area contributed by atoms with Crippen LogP contribution in [0.2, 0.25) is 10.8 Å². The van der Waals surface area contributed by atoms with Crippen LogP contribution in [0.4, 0.5) is 0 Å². The van der Waals surface area contributed by atoms with Crippen molar-refractivity contribution >= 4 is 11.4 Å². The van der Waals surface area contributed by atoms with Gasteiger partial charge in [-0.3, -0.25) is 0 Å². The summed E-state index contributed by atoms with van der Waals surface area (Å²) < 4.78 is 1.65. The second-order valence-electron chi connectivity index (χ2n) is 19.6. The summed E-state index contributed by atoms with van der Waals surface area (Å²) >= 11 is 2.02. The van der Waals surface area contributed by atoms with E-state index in [4.69, 9.17) is 0 Å². The van der Waals surface area contributed by atoms with E-state index in [1.165, 1.54) is 171 Å². The monoisotopic (exact) mass is 937 g/mol. The third-order valence-electron chi connectivity index (χ3n) is 13.6. The van der Waals surface area contributed by atoms with Gasteiger partial charge in [-0.25, -0.2) is 4.70 Å². The molecule has 3 rings (SSSR count). The van der Waals surface area contributed by atoms with Crippen LogP contribution in [0, 0.1) is 0 Å². The van der Waals surface area contributed by atoms with Crippen LogP contribution < -0.4 is 0 Å². The summed E-state index contributed by atoms with van der Waals surface area (Å²) in [6.45, 7) is 23.0. The quantitative estimate of drug-likeness (QED) is 0.0364. The Morgan fingerprint density at radius 3 is 0.877 bits per heavy atom. The van der Waals surface area contributed by atoms with Crippen molar-refractivity contribution in [1.82, 2.24) is 0 Å². The van der Waals surface area contributed by atoms with Gasteiger partial charge in [-0.05, 0) is 122 Å². The minimum atomic E-state index is 1.02. The van der Waals surface area contributed by atoms with Gasteiger partial charge in [-0.1, -0.05) is 107 Å². The van der Waals surface area contributed by atoms with Gasteiger partial charge in [0.2, 0.25) is 11.4 Å². The predicted molar refractivity (Wildman–Crippen MR) is 288 cm³/mol. The summed E-state index contributed by atoms with van der Waals surface area (Å²) in [5.41, 5.74) is 28.9. The molecular formula is C62H106N2Ni. The van der Waals surface area contributed by atoms with E-state index in [-0.39, 0.29) is 0 Å². The number of hydrogen-bond acceptors (Lipinski definition) is 0. The van der Waals surface area contributed by atoms with Gasteiger partial charge in [0, 0.05) is 22.3 Å². The molecule has 2 aromatic carbocycles. The van der Waals surface area contributed by atoms with Gasteiger partial charge in [0.25, 0.3) is 0 Å². The molecule has 0 unspecified atom stereocenters. The zero-order valence-corrected chi connectivity index (χ0v) is 46.0. The number of allylic oxidation sites excluding steroid dienone is 2. The number of nitrogens with zero attached hydrogens (tertiary/aromatic N) is 2. The fourth-order valence-corrected chi connectivity index (χ4v) is 11.4. The molecule has 1 aliphatic heterocycles. The third-order valence-corrected chi connectivity index (χ3v) is 15.0. The molecule has 374 valence electrons. The van der Waals surface area contributed by atoms with Gasteiger partial charge < -0.3 is 5.53 Å². The van der Waals surface area contributed by atoms with Crippen LogP contribution in [0.5, 0.6) is 0 Å². The molecule has 1 aliphatic rings. The second-order valence-corrected chi connectivity index (χ2v) is 21.1. The molecule has 0 fully saturated rings. The summed E-state index contributed by atoms with van der Waals surface area (Å²) in [6, 6.07) is 9.81. The van der Waals surface area contributed by atoms with E-state index in [0.717, 1.165) is 114 Å². The fraction of sp³-hybridized carbons (Fsp3) is 0.742. The number of benzene rings is 2. The molecule has 0 N–H and O–H groups in total. The average molecular weight is 938 g/mol. The average Bonchev–Trinajstić information content (AvgIpc) is 3.58. The number of hydrogen-bond donors (Lipinski definition) is 0. The van der Waals surface area contributed by atoms with E-state index in [0.29, 0.717) is 0 Å². The molecule has 0 saturated heterocycles. The first-order chi connectivity index (χ1) is 31.8. The number of aryl methyl sites for hydroxylation is 4. The first-order valence-electron chi connectivity index (χ1n) is 28.6. The molecule has 0 saturated carbocycles. The van der Waals surface area contributed by atoms with Crippen molar-refractivity contribution < 1.29 is 19.1 Å². The number of rotatable bonds is 38. The van der Waals surface area contributed by atoms with Crippen LogP contribution in [-0.4, -0.2) is 4.70 Å². The summed E-state index contributed by atoms with van der Waals surface area (Å²) in [6.07, 6.45) is 43.5. The van der Waals surface area contributed by atoms with E-state index in [9.17, 15) is 5.53 Å². The molecule has 2 aromatic rings. The molecule has 3 heteroatoms. The SMILES string of the molecule is CCCCC1=C(c2cc(CCC)c(CCC)c(CCC)c2)[N+](=[N-])C(c2cc(CCC)c(CCC)c(CCC)c2)=C1CCCC.CCCCCCCCC[CH2][Ni][CH2]CCCCCCCCC. The van der Waals surface area contributed by atoms with E-state index in [1.54, 1.807) is 15.8 Å². The fourth-order valence-electron chi connectivity index (χ4n) is 10.1. The van der Waals surface area contributed by atoms with E-state index < -0.39 is 0 Å². The molecule has 0 aliphatic carbocycles. The van der Waals surface area contributed by atoms with Gasteiger partial charge in [-0.2, -0.15) is 0 Å². The topological polar surface area (TPSA) is 25.3 Å². The maximum absolute atomic E-state index is 12.4. The Balaban J connectivity index is 0.000000582. The molecular weight excluding hydrogens is 831 g/mol. The van der Waals surface area contributed by atoms with Crippen molar-refractivity contribution in [2.24, 2.45) is 0 Å². The van der Waals surface area contributed by atoms with Crippen molar-refractivity contribution in [2.45, 2.75) is 298 Å². The molecule has 0 amide bonds. The molecule has 0 aromatic heterocycles. The maximum atomic E-state index is 12.4. The summed E-state index contributed by atoms with van der Waals surface area (Å²) in [5, 5.41) is 2.86. The zero-order chi connectivity index (χ0) is 47.5. The summed E-state index contributed by atoms with van der Waals surface area (Å²) in [4.78, 5) is 0. The Morgan fingerprint density at radius 1 is 0.323 bits per heavy atom. The van der Waals surface area contributed by atoms with Crippen molar-refractivity contribution in [3.8, 4) is 0 Å². The van der Waals surface area contributed by atoms with E-state index in [1.807, 2.05) is 14.4 Å². The zero-order valence-electron chi connectivity index (χ0n) is 45.0. The first kappa shape index (κ1) is 59.1. The molecule has 2 nitrogen and oxygen atoms in total. The Hall–Kier alpha value is -1.99. The molecule has 0 bridgehead atoms. The van der Waals surface area contributed by atoms with Gasteiger partial charge in [-0.15, -0.1) is 0 Å². The Morgan fingerprint density at radius 2 is 0.600 bits per heavy atom. The molecule has 0 radical (unpaired) electrons. The van der Waals surface area contributed by atoms with Crippen LogP contribution in [0.1, 0.15) is 294 Å². The van der Waals surface area contributed by atoms with Crippen molar-refractivity contribution in [2.75, 3.05) is 0 Å². The van der Waals surface area contributed by atoms with Crippen molar-refractivity contribution in [3.63, 3.8) is 0 Å². The summed E-state index contributed by atoms with van der Waals surface area (Å²) in [7, 11) is 0. The minimum absolute atomic E-state index is 1.02. The standard InChI is InChI=1S/C42H64N2.2C10H21.Ni/c1-9-17-25-39-40(26-18-10-2)42(36-29-33(21-13-5)38(24-16-8)34(30-36)22-14-6)44(43)41(39)35-27-31(19-11-3)37(23-15-7)32(28-35)20-12-4;2*1-3-5-7-9-10-8-6-4-2;/h27-30H,9-26H2,1-8H3;2*1,3-10H2,2H3;. The molecule has 0 atom stereocenters. The summed E-state index contributed by atoms with van der Waals surface area (Å²) in [5.74, 6) is 0. The number of unbranched alkanes of at least 4 members (excludes halogenated alkanes) is 16. The van der Waals surface area contributed by atoms with Gasteiger partial charge >= 0.3 is 142 Å². The Bertz CT molecular complexity index is 1460. The van der Waals surface area contributed by atoms with E-state index in [2.05, 4.69) is 93.5 Å². The normalized spacial score (nSPS) is 12.9. The third kappa shape index (κ3) is 21.5. The first-order valence-corrected chi connectivity index (χ1v) is 30.0. The predicted octanol–water partition coefficient (Wildman–Crippen LogP) is 21.1. The van der Waals surface area contributed by atoms with Crippen molar-refractivity contribution in [3.05, 3.63) is 85.5 Å².